The zero-order valence-electron chi connectivity index (χ0n) is 12.0. The summed E-state index contributed by atoms with van der Waals surface area (Å²) in [5.74, 6) is 1.59. The van der Waals surface area contributed by atoms with Gasteiger partial charge >= 0.3 is 6.03 Å². The number of aryl methyl sites for hydroxylation is 1. The molecule has 0 bridgehead atoms. The molecule has 2 N–H and O–H groups in total. The molecule has 0 aliphatic heterocycles. The van der Waals surface area contributed by atoms with E-state index >= 15 is 0 Å². The summed E-state index contributed by atoms with van der Waals surface area (Å²) in [6.07, 6.45) is 5.31. The predicted octanol–water partition coefficient (Wildman–Crippen LogP) is 2.23. The van der Waals surface area contributed by atoms with Gasteiger partial charge in [0.15, 0.2) is 0 Å². The smallest absolute Gasteiger partial charge is 0.315 e. The Kier molecular flexibility index (Phi) is 4.45. The third kappa shape index (κ3) is 3.88. The van der Waals surface area contributed by atoms with E-state index in [1.807, 2.05) is 43.7 Å². The van der Waals surface area contributed by atoms with Crippen molar-refractivity contribution < 1.29 is 9.21 Å². The number of hydrogen-bond donors (Lipinski definition) is 2. The van der Waals surface area contributed by atoms with Gasteiger partial charge in [0.1, 0.15) is 11.5 Å². The Morgan fingerprint density at radius 2 is 2.20 bits per heavy atom. The highest BCUT2D eigenvalue weighted by molar-refractivity contribution is 5.74. The van der Waals surface area contributed by atoms with Gasteiger partial charge in [-0.15, -0.1) is 0 Å². The van der Waals surface area contributed by atoms with Crippen LogP contribution in [0.3, 0.4) is 0 Å². The summed E-state index contributed by atoms with van der Waals surface area (Å²) in [6.45, 7) is 6.39. The van der Waals surface area contributed by atoms with Gasteiger partial charge in [0.25, 0.3) is 0 Å². The largest absolute Gasteiger partial charge is 0.464 e. The lowest BCUT2D eigenvalue weighted by Gasteiger charge is -2.17. The maximum atomic E-state index is 11.9. The molecule has 0 aliphatic carbocycles. The molecule has 0 saturated carbocycles. The maximum absolute atomic E-state index is 11.9. The second-order valence-corrected chi connectivity index (χ2v) is 4.95. The van der Waals surface area contributed by atoms with E-state index in [1.54, 1.807) is 12.5 Å². The van der Waals surface area contributed by atoms with Crippen molar-refractivity contribution in [3.63, 3.8) is 0 Å². The molecule has 2 aromatic heterocycles. The number of amides is 2. The fourth-order valence-electron chi connectivity index (χ4n) is 1.98. The lowest BCUT2D eigenvalue weighted by molar-refractivity contribution is 0.231. The first kappa shape index (κ1) is 14.2. The second kappa shape index (κ2) is 6.27. The number of urea groups is 1. The zero-order chi connectivity index (χ0) is 14.5. The van der Waals surface area contributed by atoms with Crippen LogP contribution in [0.5, 0.6) is 0 Å². The van der Waals surface area contributed by atoms with Gasteiger partial charge in [0, 0.05) is 25.0 Å². The third-order valence-corrected chi connectivity index (χ3v) is 2.96. The van der Waals surface area contributed by atoms with E-state index in [-0.39, 0.29) is 18.1 Å². The van der Waals surface area contributed by atoms with Crippen LogP contribution in [0.25, 0.3) is 0 Å². The van der Waals surface area contributed by atoms with Crippen LogP contribution < -0.4 is 10.6 Å². The molecule has 2 heterocycles. The second-order valence-electron chi connectivity index (χ2n) is 4.95. The molecule has 6 heteroatoms. The van der Waals surface area contributed by atoms with Crippen LogP contribution in [0, 0.1) is 6.92 Å². The van der Waals surface area contributed by atoms with Crippen molar-refractivity contribution in [2.75, 3.05) is 0 Å². The van der Waals surface area contributed by atoms with E-state index in [4.69, 9.17) is 4.42 Å². The Hall–Kier alpha value is -2.24. The number of nitrogens with zero attached hydrogens (tertiary/aromatic N) is 2. The van der Waals surface area contributed by atoms with Gasteiger partial charge in [-0.1, -0.05) is 0 Å². The number of imidazole rings is 1. The third-order valence-electron chi connectivity index (χ3n) is 2.96. The Morgan fingerprint density at radius 1 is 1.40 bits per heavy atom. The summed E-state index contributed by atoms with van der Waals surface area (Å²) in [6, 6.07) is 3.39. The quantitative estimate of drug-likeness (QED) is 0.879. The van der Waals surface area contributed by atoms with Crippen molar-refractivity contribution in [1.29, 1.82) is 0 Å². The Bertz CT molecular complexity index is 547. The van der Waals surface area contributed by atoms with Gasteiger partial charge in [0.05, 0.1) is 12.4 Å². The Balaban J connectivity index is 1.80. The average molecular weight is 276 g/mol. The van der Waals surface area contributed by atoms with E-state index in [9.17, 15) is 4.79 Å². The highest BCUT2D eigenvalue weighted by Crippen LogP contribution is 2.15. The molecule has 0 fully saturated rings. The van der Waals surface area contributed by atoms with Crippen LogP contribution in [0.4, 0.5) is 4.79 Å². The number of carbonyl (C=O) groups is 1. The molecule has 0 aliphatic rings. The highest BCUT2D eigenvalue weighted by atomic mass is 16.3. The van der Waals surface area contributed by atoms with Crippen LogP contribution in [-0.2, 0) is 6.54 Å². The van der Waals surface area contributed by atoms with Gasteiger partial charge < -0.3 is 19.6 Å². The Morgan fingerprint density at radius 3 is 2.80 bits per heavy atom. The number of furan rings is 1. The van der Waals surface area contributed by atoms with Crippen molar-refractivity contribution in [3.8, 4) is 0 Å². The lowest BCUT2D eigenvalue weighted by atomic mass is 10.2. The minimum atomic E-state index is -0.209. The number of rotatable bonds is 5. The van der Waals surface area contributed by atoms with E-state index in [1.165, 1.54) is 0 Å². The van der Waals surface area contributed by atoms with Crippen LogP contribution in [-0.4, -0.2) is 21.6 Å². The fourth-order valence-corrected chi connectivity index (χ4v) is 1.98. The van der Waals surface area contributed by atoms with Crippen molar-refractivity contribution >= 4 is 6.03 Å². The van der Waals surface area contributed by atoms with Crippen molar-refractivity contribution in [3.05, 3.63) is 42.4 Å². The van der Waals surface area contributed by atoms with Gasteiger partial charge in [-0.25, -0.2) is 9.78 Å². The molecule has 108 valence electrons. The molecule has 0 saturated heterocycles. The van der Waals surface area contributed by atoms with Crippen molar-refractivity contribution in [2.45, 2.75) is 39.4 Å². The van der Waals surface area contributed by atoms with E-state index < -0.39 is 0 Å². The first-order valence-corrected chi connectivity index (χ1v) is 6.63. The number of hydrogen-bond acceptors (Lipinski definition) is 3. The summed E-state index contributed by atoms with van der Waals surface area (Å²) < 4.78 is 7.40. The fraction of sp³-hybridized carbons (Fsp3) is 0.429. The topological polar surface area (TPSA) is 72.1 Å². The zero-order valence-corrected chi connectivity index (χ0v) is 12.0. The van der Waals surface area contributed by atoms with E-state index in [0.29, 0.717) is 6.54 Å². The summed E-state index contributed by atoms with van der Waals surface area (Å²) in [7, 11) is 0. The minimum absolute atomic E-state index is 0.00902. The number of carbonyl (C=O) groups excluding carboxylic acids is 1. The van der Waals surface area contributed by atoms with Crippen molar-refractivity contribution in [1.82, 2.24) is 20.2 Å². The molecule has 2 atom stereocenters. The minimum Gasteiger partial charge on any atom is -0.464 e. The van der Waals surface area contributed by atoms with E-state index in [0.717, 1.165) is 11.5 Å². The molecule has 6 nitrogen and oxygen atoms in total. The number of nitrogens with one attached hydrogen (secondary N) is 2. The molecule has 0 aromatic carbocycles. The summed E-state index contributed by atoms with van der Waals surface area (Å²) in [5, 5.41) is 5.74. The van der Waals surface area contributed by atoms with E-state index in [2.05, 4.69) is 15.6 Å². The van der Waals surface area contributed by atoms with Gasteiger partial charge in [-0.05, 0) is 32.9 Å². The molecule has 0 unspecified atom stereocenters. The molecule has 0 spiro atoms. The molecule has 2 rings (SSSR count). The van der Waals surface area contributed by atoms with Crippen LogP contribution >= 0.6 is 0 Å². The van der Waals surface area contributed by atoms with Crippen LogP contribution in [0.15, 0.2) is 35.3 Å². The molecule has 20 heavy (non-hydrogen) atoms. The van der Waals surface area contributed by atoms with Crippen LogP contribution in [0.2, 0.25) is 0 Å². The predicted molar refractivity (Wildman–Crippen MR) is 75.2 cm³/mol. The first-order chi connectivity index (χ1) is 9.54. The average Bonchev–Trinajstić information content (AvgIpc) is 3.00. The Labute approximate surface area is 118 Å². The van der Waals surface area contributed by atoms with Gasteiger partial charge in [-0.2, -0.15) is 0 Å². The number of aromatic nitrogens is 2. The SMILES string of the molecule is Cc1ccc([C@@H](C)NC(=O)N[C@@H](C)Cn2ccnc2)o1. The van der Waals surface area contributed by atoms with Crippen LogP contribution in [0.1, 0.15) is 31.4 Å². The van der Waals surface area contributed by atoms with Gasteiger partial charge in [0.2, 0.25) is 0 Å². The summed E-state index contributed by atoms with van der Waals surface area (Å²) >= 11 is 0. The van der Waals surface area contributed by atoms with Crippen molar-refractivity contribution in [2.24, 2.45) is 0 Å². The normalized spacial score (nSPS) is 13.8. The standard InChI is InChI=1S/C14H20N4O2/c1-10(8-18-7-6-15-9-18)16-14(19)17-12(3)13-5-4-11(2)20-13/h4-7,9-10,12H,8H2,1-3H3,(H2,16,17,19)/t10-,12+/m0/s1. The lowest BCUT2D eigenvalue weighted by Crippen LogP contribution is -2.43. The monoisotopic (exact) mass is 276 g/mol. The van der Waals surface area contributed by atoms with Gasteiger partial charge in [-0.3, -0.25) is 0 Å². The first-order valence-electron chi connectivity index (χ1n) is 6.63. The molecule has 2 amide bonds. The molecular formula is C14H20N4O2. The molecule has 0 radical (unpaired) electrons. The molecule has 2 aromatic rings. The summed E-state index contributed by atoms with van der Waals surface area (Å²) in [4.78, 5) is 15.9. The summed E-state index contributed by atoms with van der Waals surface area (Å²) in [5.41, 5.74) is 0. The maximum Gasteiger partial charge on any atom is 0.315 e. The highest BCUT2D eigenvalue weighted by Gasteiger charge is 2.14. The molecular weight excluding hydrogens is 256 g/mol.